The number of aromatic amines is 1. The summed E-state index contributed by atoms with van der Waals surface area (Å²) in [6.07, 6.45) is 3.84. The van der Waals surface area contributed by atoms with Gasteiger partial charge in [-0.15, -0.1) is 5.10 Å². The lowest BCUT2D eigenvalue weighted by atomic mass is 10.00. The third-order valence-corrected chi connectivity index (χ3v) is 7.55. The number of piperazine rings is 1. The van der Waals surface area contributed by atoms with Crippen molar-refractivity contribution in [2.75, 3.05) is 32.8 Å². The summed E-state index contributed by atoms with van der Waals surface area (Å²) in [5.41, 5.74) is 3.66. The Balaban J connectivity index is 1.36. The molecule has 3 aromatic heterocycles. The molecule has 4 aromatic rings. The number of pyridine rings is 1. The standard InChI is InChI=1S/C27H33N7O3/c1-18-13-19(2)24-20(14-18)15-23(27(35)28-24)25(26-29-30-31-34(26)17-22-6-4-12-37-22)33-9-7-32(8-10-33)16-21-5-3-11-36-21/h3,5,11,13-15,22,25H,4,6-10,12,16-17H2,1-2H3,(H,28,35)/t22-,25+/m0/s1. The molecule has 0 aliphatic carbocycles. The van der Waals surface area contributed by atoms with Crippen LogP contribution in [0.1, 0.15) is 47.2 Å². The Morgan fingerprint density at radius 2 is 2.03 bits per heavy atom. The second kappa shape index (κ2) is 10.2. The van der Waals surface area contributed by atoms with Crippen LogP contribution in [0.3, 0.4) is 0 Å². The molecule has 10 heteroatoms. The number of hydrogen-bond acceptors (Lipinski definition) is 8. The molecule has 2 fully saturated rings. The minimum Gasteiger partial charge on any atom is -0.468 e. The summed E-state index contributed by atoms with van der Waals surface area (Å²) in [5.74, 6) is 1.64. The first-order valence-corrected chi connectivity index (χ1v) is 13.1. The first-order valence-electron chi connectivity index (χ1n) is 13.1. The molecule has 2 aliphatic heterocycles. The predicted molar refractivity (Wildman–Crippen MR) is 138 cm³/mol. The van der Waals surface area contributed by atoms with Gasteiger partial charge in [0.05, 0.1) is 31.0 Å². The molecule has 0 unspecified atom stereocenters. The molecule has 0 bridgehead atoms. The number of fused-ring (bicyclic) bond motifs is 1. The molecule has 1 aromatic carbocycles. The minimum atomic E-state index is -0.365. The van der Waals surface area contributed by atoms with Crippen molar-refractivity contribution in [1.29, 1.82) is 0 Å². The van der Waals surface area contributed by atoms with Gasteiger partial charge in [-0.05, 0) is 72.3 Å². The Bertz CT molecular complexity index is 1410. The van der Waals surface area contributed by atoms with Gasteiger partial charge in [0.2, 0.25) is 0 Å². The van der Waals surface area contributed by atoms with Crippen molar-refractivity contribution in [3.8, 4) is 0 Å². The maximum absolute atomic E-state index is 13.6. The van der Waals surface area contributed by atoms with Crippen LogP contribution < -0.4 is 5.56 Å². The number of ether oxygens (including phenoxy) is 1. The lowest BCUT2D eigenvalue weighted by molar-refractivity contribution is 0.0825. The minimum absolute atomic E-state index is 0.0910. The summed E-state index contributed by atoms with van der Waals surface area (Å²) in [5, 5.41) is 13.8. The quantitative estimate of drug-likeness (QED) is 0.411. The molecule has 1 N–H and O–H groups in total. The Kier molecular flexibility index (Phi) is 6.62. The Labute approximate surface area is 215 Å². The highest BCUT2D eigenvalue weighted by atomic mass is 16.5. The van der Waals surface area contributed by atoms with Crippen LogP contribution in [0.2, 0.25) is 0 Å². The van der Waals surface area contributed by atoms with E-state index in [0.29, 0.717) is 17.9 Å². The number of nitrogens with zero attached hydrogens (tertiary/aromatic N) is 6. The zero-order valence-electron chi connectivity index (χ0n) is 21.4. The summed E-state index contributed by atoms with van der Waals surface area (Å²) in [7, 11) is 0. The second-order valence-electron chi connectivity index (χ2n) is 10.2. The molecule has 2 aliphatic rings. The summed E-state index contributed by atoms with van der Waals surface area (Å²) in [6, 6.07) is 9.80. The lowest BCUT2D eigenvalue weighted by Gasteiger charge is -2.38. The second-order valence-corrected chi connectivity index (χ2v) is 10.2. The molecule has 194 valence electrons. The topological polar surface area (TPSA) is 105 Å². The van der Waals surface area contributed by atoms with Crippen LogP contribution in [0.5, 0.6) is 0 Å². The van der Waals surface area contributed by atoms with E-state index in [1.165, 1.54) is 0 Å². The van der Waals surface area contributed by atoms with Crippen LogP contribution in [0, 0.1) is 13.8 Å². The van der Waals surface area contributed by atoms with Crippen molar-refractivity contribution in [3.05, 3.63) is 75.2 Å². The van der Waals surface area contributed by atoms with Crippen molar-refractivity contribution >= 4 is 10.9 Å². The summed E-state index contributed by atoms with van der Waals surface area (Å²) >= 11 is 0. The number of furan rings is 1. The van der Waals surface area contributed by atoms with Gasteiger partial charge < -0.3 is 14.1 Å². The molecule has 0 radical (unpaired) electrons. The van der Waals surface area contributed by atoms with Gasteiger partial charge in [0.15, 0.2) is 5.82 Å². The number of nitrogens with one attached hydrogen (secondary N) is 1. The number of tetrazole rings is 1. The number of aryl methyl sites for hydroxylation is 2. The normalized spacial score (nSPS) is 20.1. The monoisotopic (exact) mass is 503 g/mol. The van der Waals surface area contributed by atoms with Crippen molar-refractivity contribution in [2.45, 2.75) is 51.9 Å². The first kappa shape index (κ1) is 24.0. The molecule has 6 rings (SSSR count). The van der Waals surface area contributed by atoms with E-state index in [2.05, 4.69) is 49.4 Å². The van der Waals surface area contributed by atoms with E-state index in [1.54, 1.807) is 6.26 Å². The van der Waals surface area contributed by atoms with E-state index in [1.807, 2.05) is 29.8 Å². The summed E-state index contributed by atoms with van der Waals surface area (Å²) in [4.78, 5) is 21.4. The predicted octanol–water partition coefficient (Wildman–Crippen LogP) is 2.81. The highest BCUT2D eigenvalue weighted by Gasteiger charge is 2.33. The van der Waals surface area contributed by atoms with E-state index in [-0.39, 0.29) is 17.7 Å². The maximum Gasteiger partial charge on any atom is 0.253 e. The average Bonchev–Trinajstić information content (AvgIpc) is 3.66. The van der Waals surface area contributed by atoms with E-state index in [0.717, 1.165) is 80.0 Å². The number of benzene rings is 1. The van der Waals surface area contributed by atoms with Crippen LogP contribution in [0.25, 0.3) is 10.9 Å². The van der Waals surface area contributed by atoms with Gasteiger partial charge in [0, 0.05) is 38.3 Å². The zero-order chi connectivity index (χ0) is 25.4. The van der Waals surface area contributed by atoms with Gasteiger partial charge in [-0.25, -0.2) is 4.68 Å². The maximum atomic E-state index is 13.6. The fourth-order valence-electron chi connectivity index (χ4n) is 5.73. The molecule has 5 heterocycles. The van der Waals surface area contributed by atoms with Crippen molar-refractivity contribution in [1.82, 2.24) is 35.0 Å². The highest BCUT2D eigenvalue weighted by Crippen LogP contribution is 2.29. The average molecular weight is 504 g/mol. The number of aromatic nitrogens is 5. The Hall–Kier alpha value is -3.34. The highest BCUT2D eigenvalue weighted by molar-refractivity contribution is 5.83. The SMILES string of the molecule is Cc1cc(C)c2[nH]c(=O)c([C@H](c3nnnn3C[C@@H]3CCCO3)N3CCN(Cc4ccco4)CC3)cc2c1. The van der Waals surface area contributed by atoms with Crippen LogP contribution in [0.4, 0.5) is 0 Å². The van der Waals surface area contributed by atoms with Gasteiger partial charge in [0.25, 0.3) is 5.56 Å². The van der Waals surface area contributed by atoms with Crippen molar-refractivity contribution in [3.63, 3.8) is 0 Å². The molecular formula is C27H33N7O3. The molecule has 10 nitrogen and oxygen atoms in total. The lowest BCUT2D eigenvalue weighted by Crippen LogP contribution is -2.48. The number of hydrogen-bond donors (Lipinski definition) is 1. The van der Waals surface area contributed by atoms with Crippen LogP contribution in [-0.2, 0) is 17.8 Å². The largest absolute Gasteiger partial charge is 0.468 e. The Morgan fingerprint density at radius 3 is 2.78 bits per heavy atom. The van der Waals surface area contributed by atoms with Gasteiger partial charge in [0.1, 0.15) is 11.8 Å². The van der Waals surface area contributed by atoms with Crippen LogP contribution in [0.15, 0.2) is 45.8 Å². The van der Waals surface area contributed by atoms with E-state index in [9.17, 15) is 4.79 Å². The molecule has 0 saturated carbocycles. The van der Waals surface area contributed by atoms with Crippen LogP contribution in [-0.4, -0.2) is 73.9 Å². The molecule has 37 heavy (non-hydrogen) atoms. The molecule has 0 spiro atoms. The zero-order valence-corrected chi connectivity index (χ0v) is 21.4. The number of rotatable bonds is 7. The van der Waals surface area contributed by atoms with E-state index < -0.39 is 0 Å². The van der Waals surface area contributed by atoms with E-state index in [4.69, 9.17) is 9.15 Å². The van der Waals surface area contributed by atoms with Gasteiger partial charge in [-0.2, -0.15) is 0 Å². The van der Waals surface area contributed by atoms with Crippen LogP contribution >= 0.6 is 0 Å². The third kappa shape index (κ3) is 4.96. The van der Waals surface area contributed by atoms with Gasteiger partial charge >= 0.3 is 0 Å². The van der Waals surface area contributed by atoms with Crippen molar-refractivity contribution in [2.24, 2.45) is 0 Å². The van der Waals surface area contributed by atoms with Gasteiger partial charge in [-0.3, -0.25) is 14.6 Å². The molecule has 0 amide bonds. The number of H-pyrrole nitrogens is 1. The molecule has 2 saturated heterocycles. The fraction of sp³-hybridized carbons (Fsp3) is 0.481. The Morgan fingerprint density at radius 1 is 1.16 bits per heavy atom. The summed E-state index contributed by atoms with van der Waals surface area (Å²) < 4.78 is 13.3. The first-order chi connectivity index (χ1) is 18.0. The third-order valence-electron chi connectivity index (χ3n) is 7.55. The van der Waals surface area contributed by atoms with E-state index >= 15 is 0 Å². The fourth-order valence-corrected chi connectivity index (χ4v) is 5.73. The molecular weight excluding hydrogens is 470 g/mol. The summed E-state index contributed by atoms with van der Waals surface area (Å²) in [6.45, 7) is 9.51. The van der Waals surface area contributed by atoms with Gasteiger partial charge in [-0.1, -0.05) is 11.6 Å². The molecule has 2 atom stereocenters. The van der Waals surface area contributed by atoms with Crippen molar-refractivity contribution < 1.29 is 9.15 Å². The smallest absolute Gasteiger partial charge is 0.253 e.